The van der Waals surface area contributed by atoms with Crippen molar-refractivity contribution in [1.82, 2.24) is 41.7 Å². The number of carbonyl (C=O) groups is 6. The number of piperazine rings is 2. The topological polar surface area (TPSA) is 188 Å². The molecule has 16 nitrogen and oxygen atoms in total. The predicted molar refractivity (Wildman–Crippen MR) is 308 cm³/mol. The Kier molecular flexibility index (Phi) is 18.0. The molecule has 4 aliphatic rings. The molecule has 4 aromatic carbocycles. The molecule has 2 fully saturated rings. The van der Waals surface area contributed by atoms with Crippen LogP contribution < -0.4 is 41.7 Å². The number of anilines is 2. The van der Waals surface area contributed by atoms with Crippen molar-refractivity contribution in [3.63, 3.8) is 0 Å². The standard InChI is InChI=1S/C62H84N10O6/c1-39(63-9)55(73)67-53(61(3,4)5)59(77)71-35-33-69(37-51(71)57(75)65-49-23-15-19-43-17-11-13-21-47(43)49)45-29-25-41(26-30-45)42-27-31-46(32-28-42)70-34-36-72(60(78)54(62(6,7)8)68-56(74)40(2)64-10)52(38-70)58(76)66-50-24-16-20-44-18-12-14-22-48(44)50/h11-14,17-18,21-22,25-32,39-40,49-54,63-64H,15-16,19-20,23-24,33-38H2,1-10H3,(H,65,75)(H,66,76)(H,67,73)(H,68,74)/t39-,40-,49+,50+,51-,52-,53+,54+/m0/s1. The summed E-state index contributed by atoms with van der Waals surface area (Å²) in [5, 5.41) is 18.6. The van der Waals surface area contributed by atoms with Gasteiger partial charge >= 0.3 is 0 Å². The SMILES string of the molecule is CN[C@@H](C)C(=O)N[C@H](C(=O)N1CCN(c2ccc(-c3ccc(N4CCN(C(=O)[C@@H](NC(=O)[C@H](C)NC)C(C)(C)C)[C@H](C(=O)N[C@@H]5CCCc6ccccc65)C4)cc3)cc2)C[C@H]1C(=O)N[C@@H]1CCCc2ccccc21)C(C)(C)C. The van der Waals surface area contributed by atoms with E-state index in [0.717, 1.165) is 72.2 Å². The lowest BCUT2D eigenvalue weighted by Crippen LogP contribution is -2.66. The van der Waals surface area contributed by atoms with Gasteiger partial charge in [-0.15, -0.1) is 0 Å². The average molecular weight is 1070 g/mol. The van der Waals surface area contributed by atoms with Crippen molar-refractivity contribution in [3.05, 3.63) is 119 Å². The molecule has 0 saturated carbocycles. The molecule has 8 atom stereocenters. The van der Waals surface area contributed by atoms with Gasteiger partial charge in [-0.3, -0.25) is 28.8 Å². The smallest absolute Gasteiger partial charge is 0.246 e. The van der Waals surface area contributed by atoms with Gasteiger partial charge in [-0.1, -0.05) is 114 Å². The molecule has 8 rings (SSSR count). The molecule has 6 N–H and O–H groups in total. The number of carbonyl (C=O) groups excluding carboxylic acids is 6. The van der Waals surface area contributed by atoms with Crippen molar-refractivity contribution in [2.45, 2.75) is 142 Å². The molecule has 16 heteroatoms. The van der Waals surface area contributed by atoms with Crippen molar-refractivity contribution in [1.29, 1.82) is 0 Å². The molecule has 2 saturated heterocycles. The van der Waals surface area contributed by atoms with Crippen molar-refractivity contribution >= 4 is 46.8 Å². The van der Waals surface area contributed by atoms with Gasteiger partial charge in [0.2, 0.25) is 35.4 Å². The molecule has 0 radical (unpaired) electrons. The van der Waals surface area contributed by atoms with E-state index in [-0.39, 0.29) is 73.7 Å². The highest BCUT2D eigenvalue weighted by Gasteiger charge is 2.45. The molecular formula is C62H84N10O6. The minimum atomic E-state index is -0.859. The van der Waals surface area contributed by atoms with Crippen molar-refractivity contribution in [2.24, 2.45) is 10.8 Å². The van der Waals surface area contributed by atoms with Crippen LogP contribution in [0, 0.1) is 10.8 Å². The Labute approximate surface area is 462 Å². The molecule has 0 aromatic heterocycles. The highest BCUT2D eigenvalue weighted by molar-refractivity contribution is 5.95. The van der Waals surface area contributed by atoms with Gasteiger partial charge in [0.15, 0.2) is 0 Å². The van der Waals surface area contributed by atoms with E-state index in [1.807, 2.05) is 65.8 Å². The molecule has 2 aliphatic carbocycles. The second-order valence-electron chi connectivity index (χ2n) is 24.0. The molecule has 0 unspecified atom stereocenters. The average Bonchev–Trinajstić information content (AvgIpc) is 3.44. The molecule has 2 heterocycles. The van der Waals surface area contributed by atoms with E-state index in [2.05, 4.69) is 114 Å². The third-order valence-corrected chi connectivity index (χ3v) is 16.6. The maximum atomic E-state index is 14.7. The van der Waals surface area contributed by atoms with Crippen LogP contribution in [0.25, 0.3) is 11.1 Å². The second-order valence-corrected chi connectivity index (χ2v) is 24.0. The summed E-state index contributed by atoms with van der Waals surface area (Å²) in [7, 11) is 3.41. The van der Waals surface area contributed by atoms with Crippen LogP contribution in [0.3, 0.4) is 0 Å². The van der Waals surface area contributed by atoms with Gasteiger partial charge in [0.05, 0.1) is 24.2 Å². The summed E-state index contributed by atoms with van der Waals surface area (Å²) in [4.78, 5) is 92.9. The Morgan fingerprint density at radius 1 is 0.500 bits per heavy atom. The second kappa shape index (κ2) is 24.5. The van der Waals surface area contributed by atoms with E-state index in [0.29, 0.717) is 13.1 Å². The lowest BCUT2D eigenvalue weighted by molar-refractivity contribution is -0.146. The number of hydrogen-bond donors (Lipinski definition) is 6. The maximum Gasteiger partial charge on any atom is 0.246 e. The number of benzene rings is 4. The first kappa shape index (κ1) is 57.4. The van der Waals surface area contributed by atoms with Gasteiger partial charge in [-0.2, -0.15) is 0 Å². The summed E-state index contributed by atoms with van der Waals surface area (Å²) in [5.41, 5.74) is 7.25. The number of nitrogens with one attached hydrogen (secondary N) is 6. The Morgan fingerprint density at radius 3 is 1.21 bits per heavy atom. The van der Waals surface area contributed by atoms with Crippen LogP contribution in [0.15, 0.2) is 97.1 Å². The molecule has 78 heavy (non-hydrogen) atoms. The van der Waals surface area contributed by atoms with Crippen LogP contribution in [0.5, 0.6) is 0 Å². The Balaban J connectivity index is 1.000. The monoisotopic (exact) mass is 1060 g/mol. The fraction of sp³-hybridized carbons (Fsp3) is 0.516. The maximum absolute atomic E-state index is 14.7. The van der Waals surface area contributed by atoms with E-state index < -0.39 is 47.1 Å². The van der Waals surface area contributed by atoms with Gasteiger partial charge in [0.25, 0.3) is 0 Å². The van der Waals surface area contributed by atoms with Crippen LogP contribution in [0.1, 0.15) is 115 Å². The number of nitrogens with zero attached hydrogens (tertiary/aromatic N) is 4. The van der Waals surface area contributed by atoms with Crippen LogP contribution >= 0.6 is 0 Å². The van der Waals surface area contributed by atoms with E-state index in [9.17, 15) is 28.8 Å². The first-order valence-corrected chi connectivity index (χ1v) is 28.2. The zero-order chi connectivity index (χ0) is 56.1. The zero-order valence-corrected chi connectivity index (χ0v) is 47.6. The van der Waals surface area contributed by atoms with Crippen molar-refractivity contribution in [2.75, 3.05) is 63.2 Å². The van der Waals surface area contributed by atoms with Gasteiger partial charge in [-0.05, 0) is 135 Å². The fourth-order valence-electron chi connectivity index (χ4n) is 11.5. The van der Waals surface area contributed by atoms with Crippen LogP contribution in [0.4, 0.5) is 11.4 Å². The lowest BCUT2D eigenvalue weighted by atomic mass is 9.85. The fourth-order valence-corrected chi connectivity index (χ4v) is 11.5. The predicted octanol–water partition coefficient (Wildman–Crippen LogP) is 6.05. The molecule has 6 amide bonds. The quantitative estimate of drug-likeness (QED) is 0.0819. The Morgan fingerprint density at radius 2 is 0.859 bits per heavy atom. The molecule has 2 aliphatic heterocycles. The molecule has 418 valence electrons. The summed E-state index contributed by atoms with van der Waals surface area (Å²) in [5.74, 6) is -1.57. The van der Waals surface area contributed by atoms with Crippen LogP contribution in [0.2, 0.25) is 0 Å². The van der Waals surface area contributed by atoms with Crippen molar-refractivity contribution in [3.8, 4) is 11.1 Å². The summed E-state index contributed by atoms with van der Waals surface area (Å²) in [6.45, 7) is 17.2. The summed E-state index contributed by atoms with van der Waals surface area (Å²) in [6, 6.07) is 28.3. The molecule has 4 aromatic rings. The minimum absolute atomic E-state index is 0.172. The summed E-state index contributed by atoms with van der Waals surface area (Å²) in [6.07, 6.45) is 5.43. The molecular weight excluding hydrogens is 981 g/mol. The normalized spacial score (nSPS) is 21.2. The lowest BCUT2D eigenvalue weighted by Gasteiger charge is -2.45. The van der Waals surface area contributed by atoms with Crippen molar-refractivity contribution < 1.29 is 28.8 Å². The zero-order valence-electron chi connectivity index (χ0n) is 47.6. The molecule has 0 bridgehead atoms. The highest BCUT2D eigenvalue weighted by Crippen LogP contribution is 2.34. The number of amides is 6. The van der Waals surface area contributed by atoms with Gasteiger partial charge < -0.3 is 51.5 Å². The van der Waals surface area contributed by atoms with Gasteiger partial charge in [0.1, 0.15) is 24.2 Å². The van der Waals surface area contributed by atoms with E-state index in [1.54, 1.807) is 37.7 Å². The summed E-state index contributed by atoms with van der Waals surface area (Å²) >= 11 is 0. The number of hydrogen-bond acceptors (Lipinski definition) is 10. The largest absolute Gasteiger partial charge is 0.367 e. The Hall–Kier alpha value is -6.78. The minimum Gasteiger partial charge on any atom is -0.367 e. The number of aryl methyl sites for hydroxylation is 2. The van der Waals surface area contributed by atoms with E-state index >= 15 is 0 Å². The molecule has 0 spiro atoms. The number of rotatable bonds is 15. The summed E-state index contributed by atoms with van der Waals surface area (Å²) < 4.78 is 0. The first-order valence-electron chi connectivity index (χ1n) is 28.2. The van der Waals surface area contributed by atoms with Gasteiger partial charge in [-0.25, -0.2) is 0 Å². The van der Waals surface area contributed by atoms with Gasteiger partial charge in [0, 0.05) is 50.6 Å². The first-order chi connectivity index (χ1) is 37.2. The Bertz CT molecular complexity index is 2600. The third kappa shape index (κ3) is 13.0. The van der Waals surface area contributed by atoms with Crippen LogP contribution in [-0.4, -0.2) is 135 Å². The van der Waals surface area contributed by atoms with E-state index in [4.69, 9.17) is 0 Å². The number of fused-ring (bicyclic) bond motifs is 2. The van der Waals surface area contributed by atoms with E-state index in [1.165, 1.54) is 11.1 Å². The highest BCUT2D eigenvalue weighted by atomic mass is 16.2. The third-order valence-electron chi connectivity index (χ3n) is 16.6. The number of likely N-dealkylation sites (N-methyl/N-ethyl adjacent to an activating group) is 2. The van der Waals surface area contributed by atoms with Crippen LogP contribution in [-0.2, 0) is 41.6 Å².